The van der Waals surface area contributed by atoms with Crippen LogP contribution in [0.25, 0.3) is 0 Å². The number of hydrogen-bond donors (Lipinski definition) is 1. The van der Waals surface area contributed by atoms with Crippen molar-refractivity contribution in [3.63, 3.8) is 0 Å². The van der Waals surface area contributed by atoms with Gasteiger partial charge in [0.25, 0.3) is 0 Å². The smallest absolute Gasteiger partial charge is 0.00248 e. The van der Waals surface area contributed by atoms with Crippen molar-refractivity contribution in [2.75, 3.05) is 20.6 Å². The van der Waals surface area contributed by atoms with Crippen molar-refractivity contribution in [3.8, 4) is 0 Å². The lowest BCUT2D eigenvalue weighted by Gasteiger charge is -2.08. The summed E-state index contributed by atoms with van der Waals surface area (Å²) >= 11 is 0. The molecule has 0 bridgehead atoms. The molecule has 0 rings (SSSR count). The first-order valence-corrected chi connectivity index (χ1v) is 9.42. The number of rotatable bonds is 16. The number of hydrogen-bond acceptors (Lipinski definition) is 2. The molecule has 0 spiro atoms. The summed E-state index contributed by atoms with van der Waals surface area (Å²) in [6, 6.07) is 0. The lowest BCUT2D eigenvalue weighted by atomic mass is 10.0. The third kappa shape index (κ3) is 25.4. The molecule has 0 amide bonds. The monoisotopic (exact) mass is 380 g/mol. The molecule has 22 heavy (non-hydrogen) atoms. The maximum Gasteiger partial charge on any atom is -0.00248 e. The van der Waals surface area contributed by atoms with Crippen molar-refractivity contribution in [2.24, 2.45) is 0 Å². The van der Waals surface area contributed by atoms with Crippen LogP contribution in [-0.4, -0.2) is 25.5 Å². The van der Waals surface area contributed by atoms with Crippen molar-refractivity contribution < 1.29 is 0 Å². The Hall–Kier alpha value is 0.400. The van der Waals surface area contributed by atoms with Gasteiger partial charge in [0.15, 0.2) is 0 Å². The molecule has 0 saturated carbocycles. The quantitative estimate of drug-likeness (QED) is 0.288. The van der Waals surface area contributed by atoms with Gasteiger partial charge in [-0.25, -0.2) is 0 Å². The summed E-state index contributed by atoms with van der Waals surface area (Å²) < 4.78 is 0. The van der Waals surface area contributed by atoms with E-state index < -0.39 is 0 Å². The third-order valence-corrected chi connectivity index (χ3v) is 4.21. The molecule has 0 aromatic heterocycles. The minimum absolute atomic E-state index is 0. The highest BCUT2D eigenvalue weighted by Gasteiger charge is 1.94. The molecule has 0 aromatic rings. The molecule has 0 unspecified atom stereocenters. The summed E-state index contributed by atoms with van der Waals surface area (Å²) in [6.07, 6.45) is 21.8. The van der Waals surface area contributed by atoms with E-state index in [9.17, 15) is 0 Å². The first-order valence-electron chi connectivity index (χ1n) is 9.42. The summed E-state index contributed by atoms with van der Waals surface area (Å²) in [4.78, 5) is 2.29. The summed E-state index contributed by atoms with van der Waals surface area (Å²) in [5, 5.41) is 0. The highest BCUT2D eigenvalue weighted by molar-refractivity contribution is 8.93. The van der Waals surface area contributed by atoms with Crippen molar-refractivity contribution in [3.05, 3.63) is 0 Å². The normalized spacial score (nSPS) is 10.4. The molecule has 0 atom stereocenters. The molecule has 0 radical (unpaired) electrons. The summed E-state index contributed by atoms with van der Waals surface area (Å²) in [6.45, 7) is 3.56. The largest absolute Gasteiger partial charge is 0.344 e. The first-order chi connectivity index (χ1) is 9.77. The van der Waals surface area contributed by atoms with Crippen molar-refractivity contribution in [1.29, 1.82) is 0 Å². The van der Waals surface area contributed by atoms with Crippen molar-refractivity contribution in [2.45, 2.75) is 103 Å². The van der Waals surface area contributed by atoms with E-state index in [2.05, 4.69) is 25.9 Å². The molecule has 0 heterocycles. The van der Waals surface area contributed by atoms with Gasteiger partial charge in [-0.1, -0.05) is 96.8 Å². The van der Waals surface area contributed by atoms with E-state index in [1.807, 2.05) is 0 Å². The second kappa shape index (κ2) is 23.7. The van der Waals surface area contributed by atoms with E-state index in [1.165, 1.54) is 103 Å². The van der Waals surface area contributed by atoms with Gasteiger partial charge in [0.1, 0.15) is 0 Å². The van der Waals surface area contributed by atoms with E-state index in [0.717, 1.165) is 0 Å². The Morgan fingerprint density at radius 3 is 1.05 bits per heavy atom. The minimum Gasteiger partial charge on any atom is -0.344 e. The van der Waals surface area contributed by atoms with Crippen LogP contribution >= 0.6 is 17.0 Å². The highest BCUT2D eigenvalue weighted by Crippen LogP contribution is 2.13. The summed E-state index contributed by atoms with van der Waals surface area (Å²) in [5.41, 5.74) is 0. The van der Waals surface area contributed by atoms with E-state index in [-0.39, 0.29) is 23.1 Å². The Labute approximate surface area is 152 Å². The lowest BCUT2D eigenvalue weighted by molar-refractivity contribution is 0.389. The van der Waals surface area contributed by atoms with Crippen LogP contribution in [0.15, 0.2) is 0 Å². The molecule has 3 N–H and O–H groups in total. The minimum atomic E-state index is 0. The first kappa shape index (κ1) is 27.3. The van der Waals surface area contributed by atoms with E-state index in [1.54, 1.807) is 0 Å². The molecule has 0 aliphatic carbocycles. The molecule has 0 aromatic carbocycles. The standard InChI is InChI=1S/C19H41N.BrH.H3N/c1-4-5-6-7-8-9-10-11-12-13-14-15-16-17-18-19-20(2)3;;/h4-19H2,1-3H3;1H;1H3. The van der Waals surface area contributed by atoms with Gasteiger partial charge in [0.2, 0.25) is 0 Å². The molecule has 0 fully saturated rings. The van der Waals surface area contributed by atoms with Gasteiger partial charge in [-0.2, -0.15) is 0 Å². The predicted molar refractivity (Wildman–Crippen MR) is 109 cm³/mol. The van der Waals surface area contributed by atoms with Crippen LogP contribution in [-0.2, 0) is 0 Å². The Kier molecular flexibility index (Phi) is 29.3. The summed E-state index contributed by atoms with van der Waals surface area (Å²) in [7, 11) is 4.34. The molecule has 0 aliphatic heterocycles. The highest BCUT2D eigenvalue weighted by atomic mass is 79.9. The number of unbranched alkanes of at least 4 members (excludes halogenated alkanes) is 14. The third-order valence-electron chi connectivity index (χ3n) is 4.21. The average Bonchev–Trinajstić information content (AvgIpc) is 2.43. The molecule has 3 heteroatoms. The zero-order valence-electron chi connectivity index (χ0n) is 15.9. The predicted octanol–water partition coefficient (Wildman–Crippen LogP) is 7.16. The van der Waals surface area contributed by atoms with Crippen LogP contribution in [0, 0.1) is 0 Å². The van der Waals surface area contributed by atoms with Gasteiger partial charge in [0, 0.05) is 0 Å². The van der Waals surface area contributed by atoms with Gasteiger partial charge >= 0.3 is 0 Å². The second-order valence-corrected chi connectivity index (χ2v) is 6.75. The van der Waals surface area contributed by atoms with Crippen LogP contribution in [0.5, 0.6) is 0 Å². The fourth-order valence-electron chi connectivity index (χ4n) is 2.80. The lowest BCUT2D eigenvalue weighted by Crippen LogP contribution is -2.12. The Morgan fingerprint density at radius 2 is 0.773 bits per heavy atom. The Balaban J connectivity index is -0.00000180. The zero-order valence-corrected chi connectivity index (χ0v) is 17.6. The van der Waals surface area contributed by atoms with Gasteiger partial charge in [0.05, 0.1) is 0 Å². The second-order valence-electron chi connectivity index (χ2n) is 6.75. The van der Waals surface area contributed by atoms with Crippen molar-refractivity contribution >= 4 is 17.0 Å². The van der Waals surface area contributed by atoms with Gasteiger partial charge < -0.3 is 11.1 Å². The van der Waals surface area contributed by atoms with Crippen LogP contribution in [0.4, 0.5) is 0 Å². The Morgan fingerprint density at radius 1 is 0.500 bits per heavy atom. The van der Waals surface area contributed by atoms with Crippen LogP contribution in [0.2, 0.25) is 0 Å². The molecular weight excluding hydrogens is 336 g/mol. The maximum atomic E-state index is 2.29. The van der Waals surface area contributed by atoms with Crippen LogP contribution < -0.4 is 6.15 Å². The van der Waals surface area contributed by atoms with Crippen LogP contribution in [0.1, 0.15) is 103 Å². The zero-order chi connectivity index (χ0) is 14.9. The van der Waals surface area contributed by atoms with E-state index in [4.69, 9.17) is 0 Å². The number of nitrogens with zero attached hydrogens (tertiary/aromatic N) is 1. The van der Waals surface area contributed by atoms with Crippen LogP contribution in [0.3, 0.4) is 0 Å². The topological polar surface area (TPSA) is 38.2 Å². The Bertz CT molecular complexity index is 175. The molecule has 2 nitrogen and oxygen atoms in total. The van der Waals surface area contributed by atoms with E-state index >= 15 is 0 Å². The van der Waals surface area contributed by atoms with Crippen molar-refractivity contribution in [1.82, 2.24) is 11.1 Å². The molecule has 0 saturated heterocycles. The maximum absolute atomic E-state index is 2.29. The van der Waals surface area contributed by atoms with Gasteiger partial charge in [-0.15, -0.1) is 17.0 Å². The van der Waals surface area contributed by atoms with E-state index in [0.29, 0.717) is 0 Å². The SMILES string of the molecule is Br.CCCCCCCCCCCCCCCCCN(C)C.N. The van der Waals surface area contributed by atoms with Gasteiger partial charge in [-0.3, -0.25) is 0 Å². The fraction of sp³-hybridized carbons (Fsp3) is 1.00. The molecule has 138 valence electrons. The molecule has 0 aliphatic rings. The average molecular weight is 381 g/mol. The molecular formula is C19H45BrN2. The number of halogens is 1. The summed E-state index contributed by atoms with van der Waals surface area (Å²) in [5.74, 6) is 0. The fourth-order valence-corrected chi connectivity index (χ4v) is 2.80. The van der Waals surface area contributed by atoms with Gasteiger partial charge in [-0.05, 0) is 27.1 Å².